The van der Waals surface area contributed by atoms with E-state index < -0.39 is 0 Å². The van der Waals surface area contributed by atoms with Crippen LogP contribution in [0.1, 0.15) is 12.5 Å². The Labute approximate surface area is 161 Å². The molecule has 0 bridgehead atoms. The Kier molecular flexibility index (Phi) is 8.29. The summed E-state index contributed by atoms with van der Waals surface area (Å²) in [6.07, 6.45) is 0. The van der Waals surface area contributed by atoms with E-state index in [4.69, 9.17) is 19.2 Å². The number of nitrogens with one attached hydrogen (secondary N) is 1. The molecule has 2 aromatic rings. The fraction of sp³-hybridized carbons (Fsp3) is 0.381. The van der Waals surface area contributed by atoms with E-state index in [1.807, 2.05) is 55.6 Å². The maximum atomic E-state index is 5.77. The summed E-state index contributed by atoms with van der Waals surface area (Å²) in [5.74, 6) is 3.13. The van der Waals surface area contributed by atoms with Crippen molar-refractivity contribution < 1.29 is 14.2 Å². The van der Waals surface area contributed by atoms with Crippen LogP contribution in [-0.4, -0.2) is 51.8 Å². The Hall–Kier alpha value is -2.89. The summed E-state index contributed by atoms with van der Waals surface area (Å²) in [6, 6.07) is 15.7. The number of para-hydroxylation sites is 1. The van der Waals surface area contributed by atoms with Crippen LogP contribution in [0.5, 0.6) is 17.2 Å². The quantitative estimate of drug-likeness (QED) is 0.542. The molecule has 0 unspecified atom stereocenters. The third-order valence-electron chi connectivity index (χ3n) is 3.99. The van der Waals surface area contributed by atoms with E-state index in [0.717, 1.165) is 30.4 Å². The molecule has 0 aliphatic carbocycles. The zero-order chi connectivity index (χ0) is 19.5. The van der Waals surface area contributed by atoms with Gasteiger partial charge in [-0.15, -0.1) is 0 Å². The van der Waals surface area contributed by atoms with E-state index in [-0.39, 0.29) is 0 Å². The monoisotopic (exact) mass is 371 g/mol. The number of aliphatic imine (C=N–C) groups is 1. The first-order chi connectivity index (χ1) is 13.2. The first-order valence-corrected chi connectivity index (χ1v) is 9.06. The maximum Gasteiger partial charge on any atom is 0.194 e. The number of rotatable bonds is 9. The van der Waals surface area contributed by atoms with Crippen LogP contribution in [0, 0.1) is 0 Å². The van der Waals surface area contributed by atoms with Crippen molar-refractivity contribution in [2.24, 2.45) is 4.99 Å². The number of guanidine groups is 1. The van der Waals surface area contributed by atoms with Crippen molar-refractivity contribution in [2.45, 2.75) is 13.5 Å². The average molecular weight is 371 g/mol. The number of methoxy groups -OCH3 is 2. The Balaban J connectivity index is 1.96. The zero-order valence-corrected chi connectivity index (χ0v) is 16.6. The molecule has 0 saturated carbocycles. The molecule has 2 rings (SSSR count). The summed E-state index contributed by atoms with van der Waals surface area (Å²) in [4.78, 5) is 6.78. The summed E-state index contributed by atoms with van der Waals surface area (Å²) < 4.78 is 16.4. The molecule has 146 valence electrons. The van der Waals surface area contributed by atoms with Crippen LogP contribution >= 0.6 is 0 Å². The van der Waals surface area contributed by atoms with Crippen molar-refractivity contribution in [1.29, 1.82) is 0 Å². The highest BCUT2D eigenvalue weighted by atomic mass is 16.5. The zero-order valence-electron chi connectivity index (χ0n) is 16.6. The number of hydrogen-bond acceptors (Lipinski definition) is 4. The van der Waals surface area contributed by atoms with Gasteiger partial charge in [0.2, 0.25) is 0 Å². The van der Waals surface area contributed by atoms with Crippen LogP contribution in [0.2, 0.25) is 0 Å². The largest absolute Gasteiger partial charge is 0.493 e. The van der Waals surface area contributed by atoms with E-state index in [1.165, 1.54) is 0 Å². The third kappa shape index (κ3) is 6.40. The molecule has 0 atom stereocenters. The van der Waals surface area contributed by atoms with Crippen LogP contribution in [0.15, 0.2) is 53.5 Å². The second kappa shape index (κ2) is 11.0. The van der Waals surface area contributed by atoms with Crippen molar-refractivity contribution in [3.05, 3.63) is 54.1 Å². The van der Waals surface area contributed by atoms with Crippen LogP contribution in [0.25, 0.3) is 0 Å². The lowest BCUT2D eigenvalue weighted by molar-refractivity contribution is 0.281. The molecule has 0 aromatic heterocycles. The van der Waals surface area contributed by atoms with E-state index >= 15 is 0 Å². The maximum absolute atomic E-state index is 5.77. The van der Waals surface area contributed by atoms with Gasteiger partial charge in [-0.05, 0) is 36.8 Å². The van der Waals surface area contributed by atoms with E-state index in [9.17, 15) is 0 Å². The molecule has 0 fully saturated rings. The summed E-state index contributed by atoms with van der Waals surface area (Å²) in [5, 5.41) is 3.32. The topological polar surface area (TPSA) is 55.3 Å². The first-order valence-electron chi connectivity index (χ1n) is 9.06. The number of ether oxygens (including phenoxy) is 3. The van der Waals surface area contributed by atoms with Gasteiger partial charge in [0.05, 0.1) is 27.3 Å². The van der Waals surface area contributed by atoms with Crippen LogP contribution in [0.4, 0.5) is 0 Å². The highest BCUT2D eigenvalue weighted by molar-refractivity contribution is 5.79. The number of likely N-dealkylation sites (N-methyl/N-ethyl adjacent to an activating group) is 1. The van der Waals surface area contributed by atoms with Gasteiger partial charge < -0.3 is 24.4 Å². The molecule has 0 radical (unpaired) electrons. The van der Waals surface area contributed by atoms with Crippen molar-refractivity contribution in [3.63, 3.8) is 0 Å². The third-order valence-corrected chi connectivity index (χ3v) is 3.99. The lowest BCUT2D eigenvalue weighted by atomic mass is 10.2. The van der Waals surface area contributed by atoms with Gasteiger partial charge in [0.25, 0.3) is 0 Å². The predicted molar refractivity (Wildman–Crippen MR) is 109 cm³/mol. The van der Waals surface area contributed by atoms with Crippen LogP contribution in [0.3, 0.4) is 0 Å². The summed E-state index contributed by atoms with van der Waals surface area (Å²) in [6.45, 7) is 4.72. The van der Waals surface area contributed by atoms with Crippen molar-refractivity contribution in [2.75, 3.05) is 41.0 Å². The van der Waals surface area contributed by atoms with Gasteiger partial charge in [-0.3, -0.25) is 0 Å². The van der Waals surface area contributed by atoms with Crippen molar-refractivity contribution in [1.82, 2.24) is 10.2 Å². The fourth-order valence-corrected chi connectivity index (χ4v) is 2.54. The Morgan fingerprint density at radius 1 is 1.04 bits per heavy atom. The molecule has 0 amide bonds. The molecule has 2 aromatic carbocycles. The standard InChI is InChI=1S/C21H29N3O3/c1-5-22-21(24(2)13-14-27-18-9-7-6-8-10-18)23-16-17-11-12-19(25-3)20(15-17)26-4/h6-12,15H,5,13-14,16H2,1-4H3,(H,22,23). The molecular formula is C21H29N3O3. The summed E-state index contributed by atoms with van der Waals surface area (Å²) in [7, 11) is 5.27. The molecule has 6 nitrogen and oxygen atoms in total. The summed E-state index contributed by atoms with van der Waals surface area (Å²) >= 11 is 0. The normalized spacial score (nSPS) is 11.0. The fourth-order valence-electron chi connectivity index (χ4n) is 2.54. The van der Waals surface area contributed by atoms with Gasteiger partial charge in [0.1, 0.15) is 12.4 Å². The van der Waals surface area contributed by atoms with Gasteiger partial charge in [-0.2, -0.15) is 0 Å². The number of benzene rings is 2. The lowest BCUT2D eigenvalue weighted by Gasteiger charge is -2.22. The van der Waals surface area contributed by atoms with Gasteiger partial charge in [-0.25, -0.2) is 4.99 Å². The molecule has 0 aliphatic rings. The van der Waals surface area contributed by atoms with Gasteiger partial charge in [0, 0.05) is 13.6 Å². The highest BCUT2D eigenvalue weighted by Gasteiger charge is 2.08. The highest BCUT2D eigenvalue weighted by Crippen LogP contribution is 2.27. The van der Waals surface area contributed by atoms with Crippen molar-refractivity contribution >= 4 is 5.96 Å². The number of hydrogen-bond donors (Lipinski definition) is 1. The molecule has 0 aliphatic heterocycles. The molecule has 0 heterocycles. The van der Waals surface area contributed by atoms with Crippen molar-refractivity contribution in [3.8, 4) is 17.2 Å². The molecule has 1 N–H and O–H groups in total. The Bertz CT molecular complexity index is 720. The van der Waals surface area contributed by atoms with Crippen LogP contribution in [-0.2, 0) is 6.54 Å². The molecule has 27 heavy (non-hydrogen) atoms. The van der Waals surface area contributed by atoms with E-state index in [1.54, 1.807) is 14.2 Å². The number of nitrogens with zero attached hydrogens (tertiary/aromatic N) is 2. The summed E-state index contributed by atoms with van der Waals surface area (Å²) in [5.41, 5.74) is 1.05. The van der Waals surface area contributed by atoms with Gasteiger partial charge in [-0.1, -0.05) is 24.3 Å². The molecule has 0 saturated heterocycles. The first kappa shape index (κ1) is 20.4. The van der Waals surface area contributed by atoms with Gasteiger partial charge in [0.15, 0.2) is 17.5 Å². The molecule has 0 spiro atoms. The average Bonchev–Trinajstić information content (AvgIpc) is 2.71. The van der Waals surface area contributed by atoms with E-state index in [0.29, 0.717) is 24.7 Å². The molecular weight excluding hydrogens is 342 g/mol. The second-order valence-corrected chi connectivity index (χ2v) is 5.94. The SMILES string of the molecule is CCNC(=NCc1ccc(OC)c(OC)c1)N(C)CCOc1ccccc1. The minimum Gasteiger partial charge on any atom is -0.493 e. The smallest absolute Gasteiger partial charge is 0.194 e. The molecule has 6 heteroatoms. The van der Waals surface area contributed by atoms with Gasteiger partial charge >= 0.3 is 0 Å². The Morgan fingerprint density at radius 2 is 1.78 bits per heavy atom. The Morgan fingerprint density at radius 3 is 2.44 bits per heavy atom. The lowest BCUT2D eigenvalue weighted by Crippen LogP contribution is -2.40. The minimum atomic E-state index is 0.548. The minimum absolute atomic E-state index is 0.548. The van der Waals surface area contributed by atoms with Crippen LogP contribution < -0.4 is 19.5 Å². The van der Waals surface area contributed by atoms with E-state index in [2.05, 4.69) is 17.1 Å². The predicted octanol–water partition coefficient (Wildman–Crippen LogP) is 3.18. The second-order valence-electron chi connectivity index (χ2n) is 5.94.